The van der Waals surface area contributed by atoms with Crippen molar-refractivity contribution in [3.63, 3.8) is 0 Å². The van der Waals surface area contributed by atoms with Gasteiger partial charge >= 0.3 is 5.97 Å². The highest BCUT2D eigenvalue weighted by Crippen LogP contribution is 2.57. The SMILES string of the molecule is C=C1/C(=C\C=C2/CCC[C@]3(C)C([C@H](C)CCCC(C)(C)O)=CC[C@@H]23)C[C@@H](O)C[C@@H]1O.CC1=C(/C=C/C(C)=C/C=C/C(C)=C/C(=O)O)C(C)(C)CCC1. The first-order valence-electron chi connectivity index (χ1n) is 19.8. The van der Waals surface area contributed by atoms with Crippen molar-refractivity contribution < 1.29 is 25.2 Å². The highest BCUT2D eigenvalue weighted by molar-refractivity contribution is 5.81. The third kappa shape index (κ3) is 12.6. The third-order valence-corrected chi connectivity index (χ3v) is 12.0. The summed E-state index contributed by atoms with van der Waals surface area (Å²) in [5, 5.41) is 38.8. The molecule has 5 nitrogen and oxygen atoms in total. The van der Waals surface area contributed by atoms with E-state index in [0.717, 1.165) is 54.4 Å². The molecule has 0 amide bonds. The molecule has 0 spiro atoms. The van der Waals surface area contributed by atoms with Crippen LogP contribution in [0, 0.1) is 22.7 Å². The lowest BCUT2D eigenvalue weighted by atomic mass is 9.62. The average molecular weight is 715 g/mol. The Morgan fingerprint density at radius 1 is 1.06 bits per heavy atom. The molecule has 0 aromatic heterocycles. The second-order valence-corrected chi connectivity index (χ2v) is 17.7. The number of fused-ring (bicyclic) bond motifs is 1. The molecule has 0 aromatic carbocycles. The first-order valence-corrected chi connectivity index (χ1v) is 19.8. The first-order chi connectivity index (χ1) is 24.2. The monoisotopic (exact) mass is 715 g/mol. The van der Waals surface area contributed by atoms with Gasteiger partial charge in [0.25, 0.3) is 0 Å². The van der Waals surface area contributed by atoms with Crippen LogP contribution in [-0.2, 0) is 4.79 Å². The zero-order valence-corrected chi connectivity index (χ0v) is 33.9. The number of carboxylic acid groups (broad SMARTS) is 1. The lowest BCUT2D eigenvalue weighted by molar-refractivity contribution is -0.131. The quantitative estimate of drug-likeness (QED) is 0.0970. The van der Waals surface area contributed by atoms with Gasteiger partial charge in [0.1, 0.15) is 0 Å². The minimum Gasteiger partial charge on any atom is -0.478 e. The highest BCUT2D eigenvalue weighted by Gasteiger charge is 2.46. The van der Waals surface area contributed by atoms with Crippen molar-refractivity contribution in [2.45, 2.75) is 157 Å². The number of aliphatic hydroxyl groups is 3. The predicted molar refractivity (Wildman–Crippen MR) is 218 cm³/mol. The van der Waals surface area contributed by atoms with E-state index in [9.17, 15) is 20.1 Å². The summed E-state index contributed by atoms with van der Waals surface area (Å²) in [5.74, 6) is 0.203. The number of hydrogen-bond donors (Lipinski definition) is 4. The van der Waals surface area contributed by atoms with Gasteiger partial charge in [0.15, 0.2) is 0 Å². The molecule has 4 N–H and O–H groups in total. The van der Waals surface area contributed by atoms with Gasteiger partial charge in [-0.15, -0.1) is 0 Å². The molecule has 4 aliphatic carbocycles. The van der Waals surface area contributed by atoms with E-state index in [2.05, 4.69) is 78.5 Å². The highest BCUT2D eigenvalue weighted by atomic mass is 16.4. The molecular weight excluding hydrogens is 645 g/mol. The molecule has 0 radical (unpaired) electrons. The van der Waals surface area contributed by atoms with Crippen molar-refractivity contribution in [1.29, 1.82) is 0 Å². The molecule has 0 heterocycles. The topological polar surface area (TPSA) is 98.0 Å². The van der Waals surface area contributed by atoms with Crippen molar-refractivity contribution in [2.24, 2.45) is 22.7 Å². The van der Waals surface area contributed by atoms with Crippen LogP contribution in [0.15, 0.2) is 106 Å². The summed E-state index contributed by atoms with van der Waals surface area (Å²) in [6.07, 6.45) is 29.5. The fourth-order valence-corrected chi connectivity index (χ4v) is 8.95. The second kappa shape index (κ2) is 18.9. The number of carboxylic acids is 1. The third-order valence-electron chi connectivity index (χ3n) is 12.0. The molecule has 0 unspecified atom stereocenters. The number of hydrogen-bond acceptors (Lipinski definition) is 4. The van der Waals surface area contributed by atoms with Crippen molar-refractivity contribution >= 4 is 5.97 Å². The number of rotatable bonds is 11. The maximum atomic E-state index is 10.5. The summed E-state index contributed by atoms with van der Waals surface area (Å²) >= 11 is 0. The van der Waals surface area contributed by atoms with E-state index in [4.69, 9.17) is 5.11 Å². The molecule has 5 heteroatoms. The van der Waals surface area contributed by atoms with E-state index in [1.165, 1.54) is 54.9 Å². The van der Waals surface area contributed by atoms with Gasteiger partial charge in [-0.2, -0.15) is 0 Å². The van der Waals surface area contributed by atoms with Crippen molar-refractivity contribution in [3.05, 3.63) is 106 Å². The number of aliphatic hydroxyl groups excluding tert-OH is 2. The molecular formula is C47H70O5. The minimum absolute atomic E-state index is 0.235. The fourth-order valence-electron chi connectivity index (χ4n) is 8.95. The lowest BCUT2D eigenvalue weighted by Crippen LogP contribution is -2.32. The van der Waals surface area contributed by atoms with Crippen LogP contribution in [0.4, 0.5) is 0 Å². The molecule has 5 atom stereocenters. The smallest absolute Gasteiger partial charge is 0.328 e. The summed E-state index contributed by atoms with van der Waals surface area (Å²) in [4.78, 5) is 10.5. The van der Waals surface area contributed by atoms with Crippen molar-refractivity contribution in [3.8, 4) is 0 Å². The van der Waals surface area contributed by atoms with Crippen LogP contribution in [0.5, 0.6) is 0 Å². The van der Waals surface area contributed by atoms with Gasteiger partial charge in [-0.05, 0) is 144 Å². The van der Waals surface area contributed by atoms with Crippen molar-refractivity contribution in [1.82, 2.24) is 0 Å². The fraction of sp³-hybridized carbons (Fsp3) is 0.596. The second-order valence-electron chi connectivity index (χ2n) is 17.7. The zero-order valence-electron chi connectivity index (χ0n) is 33.9. The van der Waals surface area contributed by atoms with Crippen LogP contribution in [0.2, 0.25) is 0 Å². The Kier molecular flexibility index (Phi) is 15.7. The Balaban J connectivity index is 0.000000295. The van der Waals surface area contributed by atoms with Gasteiger partial charge in [-0.3, -0.25) is 0 Å². The van der Waals surface area contributed by atoms with Gasteiger partial charge in [-0.1, -0.05) is 112 Å². The van der Waals surface area contributed by atoms with Crippen LogP contribution in [0.25, 0.3) is 0 Å². The van der Waals surface area contributed by atoms with Crippen LogP contribution < -0.4 is 0 Å². The maximum Gasteiger partial charge on any atom is 0.328 e. The molecule has 4 aliphatic rings. The van der Waals surface area contributed by atoms with E-state index in [-0.39, 0.29) is 10.8 Å². The average Bonchev–Trinajstić information content (AvgIpc) is 3.38. The summed E-state index contributed by atoms with van der Waals surface area (Å²) in [6.45, 7) is 23.4. The molecule has 2 fully saturated rings. The summed E-state index contributed by atoms with van der Waals surface area (Å²) in [7, 11) is 0. The Labute approximate surface area is 316 Å². The number of carbonyl (C=O) groups is 1. The molecule has 0 aliphatic heterocycles. The summed E-state index contributed by atoms with van der Waals surface area (Å²) in [6, 6.07) is 0. The summed E-state index contributed by atoms with van der Waals surface area (Å²) in [5.41, 5.74) is 9.64. The van der Waals surface area contributed by atoms with Crippen LogP contribution in [-0.4, -0.2) is 44.2 Å². The predicted octanol–water partition coefficient (Wildman–Crippen LogP) is 11.2. The van der Waals surface area contributed by atoms with Gasteiger partial charge in [0.2, 0.25) is 0 Å². The van der Waals surface area contributed by atoms with Crippen LogP contribution in [0.3, 0.4) is 0 Å². The van der Waals surface area contributed by atoms with Gasteiger partial charge < -0.3 is 20.4 Å². The van der Waals surface area contributed by atoms with E-state index in [1.807, 2.05) is 26.0 Å². The molecule has 0 saturated heterocycles. The van der Waals surface area contributed by atoms with Gasteiger partial charge in [0, 0.05) is 12.5 Å². The Morgan fingerprint density at radius 2 is 1.75 bits per heavy atom. The normalized spacial score (nSPS) is 29.4. The van der Waals surface area contributed by atoms with E-state index >= 15 is 0 Å². The Hall–Kier alpha value is -2.99. The Bertz CT molecular complexity index is 1530. The van der Waals surface area contributed by atoms with Crippen LogP contribution >= 0.6 is 0 Å². The molecule has 2 saturated carbocycles. The first kappa shape index (κ1) is 43.4. The Morgan fingerprint density at radius 3 is 2.40 bits per heavy atom. The van der Waals surface area contributed by atoms with E-state index < -0.39 is 23.8 Å². The zero-order chi connectivity index (χ0) is 38.9. The molecule has 4 rings (SSSR count). The molecule has 288 valence electrons. The maximum absolute atomic E-state index is 10.5. The largest absolute Gasteiger partial charge is 0.478 e. The van der Waals surface area contributed by atoms with Crippen molar-refractivity contribution in [2.75, 3.05) is 0 Å². The standard InChI is InChI=1S/C27H42O3.C20H28O2/c1-18(8-6-14-26(3,4)30)23-12-13-24-20(9-7-15-27(23,24)5)10-11-21-16-22(28)17-25(29)19(21)2;1-15(8-6-9-16(2)14-19(21)22)11-12-18-17(3)10-7-13-20(18,4)5/h10-12,18,22,24-25,28-30H,2,6-9,13-17H2,1,3-5H3;6,8-9,11-12,14H,7,10,13H2,1-5H3,(H,21,22)/b20-10+,21-11-;9-6+,12-11+,15-8+,16-14+/t18-,22-,24+,25+,27-;/m1./s1. The number of aliphatic carboxylic acids is 1. The lowest BCUT2D eigenvalue weighted by Gasteiger charge is -2.42. The van der Waals surface area contributed by atoms with Crippen LogP contribution in [0.1, 0.15) is 139 Å². The summed E-state index contributed by atoms with van der Waals surface area (Å²) < 4.78 is 0. The van der Waals surface area contributed by atoms with E-state index in [0.29, 0.717) is 24.7 Å². The number of allylic oxidation sites excluding steroid dienone is 14. The molecule has 0 bridgehead atoms. The van der Waals surface area contributed by atoms with Gasteiger partial charge in [0.05, 0.1) is 17.8 Å². The minimum atomic E-state index is -0.912. The molecule has 0 aromatic rings. The van der Waals surface area contributed by atoms with E-state index in [1.54, 1.807) is 18.6 Å². The van der Waals surface area contributed by atoms with Gasteiger partial charge in [-0.25, -0.2) is 4.79 Å². The molecule has 52 heavy (non-hydrogen) atoms.